The van der Waals surface area contributed by atoms with Crippen molar-refractivity contribution in [1.29, 1.82) is 0 Å². The van der Waals surface area contributed by atoms with E-state index in [1.807, 2.05) is 37.3 Å². The van der Waals surface area contributed by atoms with Gasteiger partial charge in [-0.15, -0.1) is 10.2 Å². The summed E-state index contributed by atoms with van der Waals surface area (Å²) >= 11 is 0. The lowest BCUT2D eigenvalue weighted by atomic mass is 10.1. The van der Waals surface area contributed by atoms with Crippen molar-refractivity contribution in [2.75, 3.05) is 13.1 Å². The summed E-state index contributed by atoms with van der Waals surface area (Å²) in [5.74, 6) is 0.729. The topological polar surface area (TPSA) is 76.3 Å². The number of hydrogen-bond donors (Lipinski definition) is 0. The van der Waals surface area contributed by atoms with Gasteiger partial charge in [0.25, 0.3) is 0 Å². The zero-order valence-corrected chi connectivity index (χ0v) is 15.2. The molecule has 0 amide bonds. The molecule has 4 rings (SSSR count). The molecule has 26 heavy (non-hydrogen) atoms. The molecule has 1 fully saturated rings. The first-order chi connectivity index (χ1) is 12.6. The molecule has 2 aromatic carbocycles. The van der Waals surface area contributed by atoms with E-state index in [4.69, 9.17) is 4.42 Å². The summed E-state index contributed by atoms with van der Waals surface area (Å²) in [4.78, 5) is 0.263. The van der Waals surface area contributed by atoms with Crippen molar-refractivity contribution in [3.8, 4) is 22.9 Å². The molecule has 0 unspecified atom stereocenters. The second-order valence-electron chi connectivity index (χ2n) is 6.37. The Morgan fingerprint density at radius 1 is 0.962 bits per heavy atom. The minimum Gasteiger partial charge on any atom is -0.416 e. The Morgan fingerprint density at radius 3 is 2.38 bits per heavy atom. The van der Waals surface area contributed by atoms with Gasteiger partial charge in [-0.05, 0) is 49.6 Å². The molecule has 2 heterocycles. The maximum Gasteiger partial charge on any atom is 0.248 e. The van der Waals surface area contributed by atoms with Gasteiger partial charge < -0.3 is 4.42 Å². The molecule has 0 atom stereocenters. The molecule has 6 nitrogen and oxygen atoms in total. The summed E-state index contributed by atoms with van der Waals surface area (Å²) in [5.41, 5.74) is 2.35. The molecule has 0 aliphatic carbocycles. The quantitative estimate of drug-likeness (QED) is 0.703. The predicted octanol–water partition coefficient (Wildman–Crippen LogP) is 3.50. The van der Waals surface area contributed by atoms with E-state index in [0.717, 1.165) is 24.0 Å². The highest BCUT2D eigenvalue weighted by atomic mass is 32.2. The monoisotopic (exact) mass is 369 g/mol. The van der Waals surface area contributed by atoms with E-state index in [1.54, 1.807) is 18.2 Å². The number of nitrogens with zero attached hydrogens (tertiary/aromatic N) is 3. The van der Waals surface area contributed by atoms with Crippen molar-refractivity contribution in [3.05, 3.63) is 54.1 Å². The van der Waals surface area contributed by atoms with Crippen molar-refractivity contribution < 1.29 is 12.8 Å². The van der Waals surface area contributed by atoms with Crippen molar-refractivity contribution in [3.63, 3.8) is 0 Å². The molecule has 1 aliphatic rings. The van der Waals surface area contributed by atoms with Crippen LogP contribution in [-0.2, 0) is 10.0 Å². The van der Waals surface area contributed by atoms with E-state index < -0.39 is 10.0 Å². The van der Waals surface area contributed by atoms with Crippen LogP contribution in [0.1, 0.15) is 18.4 Å². The maximum absolute atomic E-state index is 12.8. The average Bonchev–Trinajstić information content (AvgIpc) is 3.35. The number of benzene rings is 2. The number of aryl methyl sites for hydroxylation is 1. The molecule has 0 N–H and O–H groups in total. The third-order valence-corrected chi connectivity index (χ3v) is 6.48. The summed E-state index contributed by atoms with van der Waals surface area (Å²) < 4.78 is 33.0. The lowest BCUT2D eigenvalue weighted by Crippen LogP contribution is -2.27. The van der Waals surface area contributed by atoms with Gasteiger partial charge >= 0.3 is 0 Å². The van der Waals surface area contributed by atoms with Crippen LogP contribution in [0.3, 0.4) is 0 Å². The molecule has 1 saturated heterocycles. The van der Waals surface area contributed by atoms with Crippen LogP contribution >= 0.6 is 0 Å². The summed E-state index contributed by atoms with van der Waals surface area (Å²) in [5, 5.41) is 8.22. The Bertz CT molecular complexity index is 1020. The number of aromatic nitrogens is 2. The fraction of sp³-hybridized carbons (Fsp3) is 0.263. The molecule has 0 saturated carbocycles. The van der Waals surface area contributed by atoms with E-state index in [9.17, 15) is 8.42 Å². The van der Waals surface area contributed by atoms with Gasteiger partial charge in [-0.1, -0.05) is 24.3 Å². The molecule has 1 aromatic heterocycles. The summed E-state index contributed by atoms with van der Waals surface area (Å²) in [6.45, 7) is 3.04. The van der Waals surface area contributed by atoms with Gasteiger partial charge in [-0.3, -0.25) is 0 Å². The predicted molar refractivity (Wildman–Crippen MR) is 97.9 cm³/mol. The van der Waals surface area contributed by atoms with Gasteiger partial charge in [-0.2, -0.15) is 4.31 Å². The fourth-order valence-corrected chi connectivity index (χ4v) is 4.64. The van der Waals surface area contributed by atoms with E-state index in [-0.39, 0.29) is 4.90 Å². The highest BCUT2D eigenvalue weighted by Crippen LogP contribution is 2.30. The van der Waals surface area contributed by atoms with Gasteiger partial charge in [0.15, 0.2) is 0 Å². The second-order valence-corrected chi connectivity index (χ2v) is 8.30. The van der Waals surface area contributed by atoms with Crippen LogP contribution in [0.2, 0.25) is 0 Å². The minimum absolute atomic E-state index is 0.263. The molecule has 0 radical (unpaired) electrons. The van der Waals surface area contributed by atoms with Gasteiger partial charge in [0.1, 0.15) is 0 Å². The van der Waals surface area contributed by atoms with Crippen molar-refractivity contribution in [2.45, 2.75) is 24.7 Å². The van der Waals surface area contributed by atoms with Crippen LogP contribution in [0.4, 0.5) is 0 Å². The molecular formula is C19H19N3O3S. The smallest absolute Gasteiger partial charge is 0.248 e. The zero-order chi connectivity index (χ0) is 18.1. The zero-order valence-electron chi connectivity index (χ0n) is 14.4. The van der Waals surface area contributed by atoms with Crippen LogP contribution in [-0.4, -0.2) is 36.0 Å². The summed E-state index contributed by atoms with van der Waals surface area (Å²) in [6.07, 6.45) is 1.81. The number of sulfonamides is 1. The Hall–Kier alpha value is -2.51. The molecule has 0 bridgehead atoms. The Balaban J connectivity index is 1.73. The minimum atomic E-state index is -3.49. The average molecular weight is 369 g/mol. The van der Waals surface area contributed by atoms with Crippen LogP contribution in [0.25, 0.3) is 22.9 Å². The Morgan fingerprint density at radius 2 is 1.65 bits per heavy atom. The van der Waals surface area contributed by atoms with Crippen molar-refractivity contribution >= 4 is 10.0 Å². The van der Waals surface area contributed by atoms with E-state index in [2.05, 4.69) is 10.2 Å². The standard InChI is InChI=1S/C19H19N3O3S/c1-14-9-10-16(26(23,24)22-11-5-6-12-22)13-17(14)19-21-20-18(25-19)15-7-3-2-4-8-15/h2-4,7-10,13H,5-6,11-12H2,1H3. The SMILES string of the molecule is Cc1ccc(S(=O)(=O)N2CCCC2)cc1-c1nnc(-c2ccccc2)o1. The summed E-state index contributed by atoms with van der Waals surface area (Å²) in [6, 6.07) is 14.5. The molecular weight excluding hydrogens is 350 g/mol. The first-order valence-electron chi connectivity index (χ1n) is 8.56. The van der Waals surface area contributed by atoms with Crippen LogP contribution < -0.4 is 0 Å². The third-order valence-electron chi connectivity index (χ3n) is 4.59. The largest absolute Gasteiger partial charge is 0.416 e. The number of hydrogen-bond acceptors (Lipinski definition) is 5. The van der Waals surface area contributed by atoms with Crippen molar-refractivity contribution in [1.82, 2.24) is 14.5 Å². The first-order valence-corrected chi connectivity index (χ1v) is 10.00. The van der Waals surface area contributed by atoms with Crippen LogP contribution in [0.5, 0.6) is 0 Å². The molecule has 1 aliphatic heterocycles. The van der Waals surface area contributed by atoms with Gasteiger partial charge in [0, 0.05) is 24.2 Å². The van der Waals surface area contributed by atoms with Crippen molar-refractivity contribution in [2.24, 2.45) is 0 Å². The lowest BCUT2D eigenvalue weighted by molar-refractivity contribution is 0.477. The Kier molecular flexibility index (Phi) is 4.34. The molecule has 3 aromatic rings. The molecule has 0 spiro atoms. The first kappa shape index (κ1) is 16.9. The third kappa shape index (κ3) is 3.04. The number of rotatable bonds is 4. The Labute approximate surface area is 152 Å². The normalized spacial score (nSPS) is 15.4. The van der Waals surface area contributed by atoms with E-state index >= 15 is 0 Å². The van der Waals surface area contributed by atoms with Gasteiger partial charge in [0.2, 0.25) is 21.8 Å². The van der Waals surface area contributed by atoms with Crippen LogP contribution in [0, 0.1) is 6.92 Å². The van der Waals surface area contributed by atoms with Crippen LogP contribution in [0.15, 0.2) is 57.8 Å². The van der Waals surface area contributed by atoms with Gasteiger partial charge in [-0.25, -0.2) is 8.42 Å². The van der Waals surface area contributed by atoms with Gasteiger partial charge in [0.05, 0.1) is 4.90 Å². The lowest BCUT2D eigenvalue weighted by Gasteiger charge is -2.16. The maximum atomic E-state index is 12.8. The second kappa shape index (κ2) is 6.66. The highest BCUT2D eigenvalue weighted by molar-refractivity contribution is 7.89. The molecule has 7 heteroatoms. The van der Waals surface area contributed by atoms with E-state index in [1.165, 1.54) is 4.31 Å². The molecule has 134 valence electrons. The van der Waals surface area contributed by atoms with E-state index in [0.29, 0.717) is 30.4 Å². The summed E-state index contributed by atoms with van der Waals surface area (Å²) in [7, 11) is -3.49. The fourth-order valence-electron chi connectivity index (χ4n) is 3.10. The highest BCUT2D eigenvalue weighted by Gasteiger charge is 2.28.